The summed E-state index contributed by atoms with van der Waals surface area (Å²) >= 11 is 0. The highest BCUT2D eigenvalue weighted by atomic mass is 31.2. The van der Waals surface area contributed by atoms with E-state index in [1.807, 2.05) is 27.2 Å². The van der Waals surface area contributed by atoms with Crippen molar-refractivity contribution in [3.8, 4) is 0 Å². The van der Waals surface area contributed by atoms with E-state index >= 15 is 0 Å². The van der Waals surface area contributed by atoms with Gasteiger partial charge in [0, 0.05) is 6.42 Å². The molecule has 0 aromatic carbocycles. The quantitative estimate of drug-likeness (QED) is 0.0273. The van der Waals surface area contributed by atoms with Gasteiger partial charge < -0.3 is 28.8 Å². The van der Waals surface area contributed by atoms with Crippen LogP contribution in [-0.2, 0) is 18.4 Å². The van der Waals surface area contributed by atoms with Gasteiger partial charge in [-0.1, -0.05) is 237 Å². The number of likely N-dealkylation sites (N-methyl/N-ethyl adjacent to an activating group) is 1. The summed E-state index contributed by atoms with van der Waals surface area (Å²) in [5.41, 5.74) is 0. The number of quaternary nitrogens is 1. The Kier molecular flexibility index (Phi) is 43.5. The van der Waals surface area contributed by atoms with E-state index in [9.17, 15) is 19.4 Å². The summed E-state index contributed by atoms with van der Waals surface area (Å²) in [7, 11) is 1.25. The summed E-state index contributed by atoms with van der Waals surface area (Å²) in [5, 5.41) is 13.8. The zero-order valence-corrected chi connectivity index (χ0v) is 42.0. The average molecular weight is 883 g/mol. The Morgan fingerprint density at radius 2 is 0.918 bits per heavy atom. The number of hydrogen-bond acceptors (Lipinski definition) is 6. The van der Waals surface area contributed by atoms with E-state index in [1.165, 1.54) is 193 Å². The molecule has 61 heavy (non-hydrogen) atoms. The molecule has 8 nitrogen and oxygen atoms in total. The third-order valence-electron chi connectivity index (χ3n) is 11.9. The van der Waals surface area contributed by atoms with E-state index in [0.29, 0.717) is 17.4 Å². The molecule has 0 bridgehead atoms. The van der Waals surface area contributed by atoms with E-state index in [2.05, 4.69) is 31.3 Å². The lowest BCUT2D eigenvalue weighted by atomic mass is 10.0. The molecule has 0 rings (SSSR count). The Bertz CT molecular complexity index is 1050. The fourth-order valence-corrected chi connectivity index (χ4v) is 8.48. The number of allylic oxidation sites excluding steroid dienone is 3. The number of hydrogen-bond donors (Lipinski definition) is 2. The molecular formula is C52H103N2O6P. The summed E-state index contributed by atoms with van der Waals surface area (Å²) in [6.07, 6.45) is 53.8. The minimum absolute atomic E-state index is 0.00393. The average Bonchev–Trinajstić information content (AvgIpc) is 3.21. The van der Waals surface area contributed by atoms with Gasteiger partial charge in [0.15, 0.2) is 0 Å². The molecule has 0 saturated carbocycles. The number of carbonyl (C=O) groups excluding carboxylic acids is 1. The first-order valence-corrected chi connectivity index (χ1v) is 27.7. The Labute approximate surface area is 379 Å². The van der Waals surface area contributed by atoms with Crippen LogP contribution in [0.25, 0.3) is 0 Å². The van der Waals surface area contributed by atoms with Crippen LogP contribution >= 0.6 is 7.82 Å². The standard InChI is InChI=1S/C52H103N2O6P/c1-6-8-10-12-14-16-18-20-22-24-25-26-27-28-29-30-31-33-35-37-39-41-43-45-51(55)50(49-60-61(57,58)59-48-47-54(3,4)5)53-52(56)46-44-42-40-38-36-34-32-23-21-19-17-15-13-11-9-7-2/h35,37,43,45,50-51,55H,6-34,36,38-42,44,46-49H2,1-5H3,(H-,53,56,57,58)/b37-35+,45-43+. The Balaban J connectivity index is 4.31. The lowest BCUT2D eigenvalue weighted by Gasteiger charge is -2.29. The van der Waals surface area contributed by atoms with Crippen molar-refractivity contribution in [2.45, 2.75) is 264 Å². The Morgan fingerprint density at radius 3 is 1.33 bits per heavy atom. The number of amides is 1. The normalized spacial score (nSPS) is 14.3. The highest BCUT2D eigenvalue weighted by Gasteiger charge is 2.23. The highest BCUT2D eigenvalue weighted by Crippen LogP contribution is 2.38. The van der Waals surface area contributed by atoms with Gasteiger partial charge in [0.2, 0.25) is 5.91 Å². The van der Waals surface area contributed by atoms with E-state index in [4.69, 9.17) is 9.05 Å². The van der Waals surface area contributed by atoms with Crippen LogP contribution in [0, 0.1) is 0 Å². The summed E-state index contributed by atoms with van der Waals surface area (Å²) in [5.74, 6) is -0.203. The smallest absolute Gasteiger partial charge is 0.268 e. The summed E-state index contributed by atoms with van der Waals surface area (Å²) < 4.78 is 23.3. The molecule has 0 fully saturated rings. The van der Waals surface area contributed by atoms with Crippen molar-refractivity contribution in [2.24, 2.45) is 0 Å². The van der Waals surface area contributed by atoms with E-state index in [-0.39, 0.29) is 19.1 Å². The highest BCUT2D eigenvalue weighted by molar-refractivity contribution is 7.45. The zero-order chi connectivity index (χ0) is 45.0. The number of nitrogens with zero attached hydrogens (tertiary/aromatic N) is 1. The first-order valence-electron chi connectivity index (χ1n) is 26.2. The maximum Gasteiger partial charge on any atom is 0.268 e. The van der Waals surface area contributed by atoms with Crippen LogP contribution in [0.5, 0.6) is 0 Å². The molecule has 3 atom stereocenters. The van der Waals surface area contributed by atoms with Gasteiger partial charge in [-0.25, -0.2) is 0 Å². The molecule has 0 aromatic heterocycles. The number of aliphatic hydroxyl groups excluding tert-OH is 1. The molecular weight excluding hydrogens is 780 g/mol. The van der Waals surface area contributed by atoms with Crippen molar-refractivity contribution in [2.75, 3.05) is 40.9 Å². The molecule has 0 aliphatic heterocycles. The number of phosphoric acid groups is 1. The number of unbranched alkanes of at least 4 members (excludes halogenated alkanes) is 33. The minimum atomic E-state index is -4.60. The Morgan fingerprint density at radius 1 is 0.557 bits per heavy atom. The first-order chi connectivity index (χ1) is 29.5. The molecule has 0 aliphatic rings. The van der Waals surface area contributed by atoms with Crippen molar-refractivity contribution >= 4 is 13.7 Å². The molecule has 3 unspecified atom stereocenters. The van der Waals surface area contributed by atoms with E-state index in [1.54, 1.807) is 6.08 Å². The maximum atomic E-state index is 12.9. The summed E-state index contributed by atoms with van der Waals surface area (Å²) in [6.45, 7) is 4.66. The molecule has 0 aromatic rings. The molecule has 0 radical (unpaired) electrons. The van der Waals surface area contributed by atoms with Crippen LogP contribution in [0.1, 0.15) is 251 Å². The van der Waals surface area contributed by atoms with Gasteiger partial charge in [-0.2, -0.15) is 0 Å². The van der Waals surface area contributed by atoms with Crippen LogP contribution in [0.4, 0.5) is 0 Å². The predicted octanol–water partition coefficient (Wildman–Crippen LogP) is 14.6. The number of carbonyl (C=O) groups is 1. The topological polar surface area (TPSA) is 108 Å². The van der Waals surface area contributed by atoms with Crippen LogP contribution < -0.4 is 10.2 Å². The molecule has 0 spiro atoms. The largest absolute Gasteiger partial charge is 0.756 e. The van der Waals surface area contributed by atoms with Crippen LogP contribution in [-0.4, -0.2) is 68.5 Å². The van der Waals surface area contributed by atoms with E-state index < -0.39 is 20.0 Å². The Hall–Kier alpha value is -1.02. The predicted molar refractivity (Wildman–Crippen MR) is 261 cm³/mol. The van der Waals surface area contributed by atoms with E-state index in [0.717, 1.165) is 38.5 Å². The monoisotopic (exact) mass is 883 g/mol. The third-order valence-corrected chi connectivity index (χ3v) is 12.9. The van der Waals surface area contributed by atoms with Gasteiger partial charge in [0.05, 0.1) is 39.9 Å². The van der Waals surface area contributed by atoms with Gasteiger partial charge in [-0.3, -0.25) is 9.36 Å². The second kappa shape index (κ2) is 44.2. The lowest BCUT2D eigenvalue weighted by molar-refractivity contribution is -0.870. The summed E-state index contributed by atoms with van der Waals surface area (Å²) in [6, 6.07) is -0.899. The SMILES string of the molecule is CCCCCCCCCCCCCCCCCCC/C=C/CC/C=C/C(O)C(COP(=O)([O-])OCC[N+](C)(C)C)NC(=O)CCCCCCCCCCCCCCCCCC. The second-order valence-electron chi connectivity index (χ2n) is 19.2. The molecule has 362 valence electrons. The van der Waals surface area contributed by atoms with Gasteiger partial charge in [0.1, 0.15) is 13.2 Å². The fraction of sp³-hybridized carbons (Fsp3) is 0.904. The molecule has 0 aliphatic carbocycles. The van der Waals surface area contributed by atoms with Crippen LogP contribution in [0.15, 0.2) is 24.3 Å². The molecule has 0 heterocycles. The number of aliphatic hydroxyl groups is 1. The van der Waals surface area contributed by atoms with Gasteiger partial charge in [-0.15, -0.1) is 0 Å². The minimum Gasteiger partial charge on any atom is -0.756 e. The van der Waals surface area contributed by atoms with Crippen molar-refractivity contribution in [3.05, 3.63) is 24.3 Å². The molecule has 2 N–H and O–H groups in total. The lowest BCUT2D eigenvalue weighted by Crippen LogP contribution is -2.45. The van der Waals surface area contributed by atoms with Gasteiger partial charge in [-0.05, 0) is 32.1 Å². The fourth-order valence-electron chi connectivity index (χ4n) is 7.76. The van der Waals surface area contributed by atoms with Crippen LogP contribution in [0.2, 0.25) is 0 Å². The van der Waals surface area contributed by atoms with Crippen LogP contribution in [0.3, 0.4) is 0 Å². The zero-order valence-electron chi connectivity index (χ0n) is 41.1. The number of nitrogens with one attached hydrogen (secondary N) is 1. The van der Waals surface area contributed by atoms with Crippen molar-refractivity contribution < 1.29 is 32.9 Å². The second-order valence-corrected chi connectivity index (χ2v) is 20.6. The van der Waals surface area contributed by atoms with Gasteiger partial charge in [0.25, 0.3) is 7.82 Å². The van der Waals surface area contributed by atoms with Crippen molar-refractivity contribution in [1.82, 2.24) is 5.32 Å². The molecule has 9 heteroatoms. The van der Waals surface area contributed by atoms with Gasteiger partial charge >= 0.3 is 0 Å². The number of rotatable bonds is 48. The number of phosphoric ester groups is 1. The van der Waals surface area contributed by atoms with Crippen molar-refractivity contribution in [1.29, 1.82) is 0 Å². The molecule has 0 saturated heterocycles. The maximum absolute atomic E-state index is 12.9. The first kappa shape index (κ1) is 60.0. The third kappa shape index (κ3) is 46.8. The summed E-state index contributed by atoms with van der Waals surface area (Å²) in [4.78, 5) is 25.4. The molecule has 1 amide bonds. The van der Waals surface area contributed by atoms with Crippen molar-refractivity contribution in [3.63, 3.8) is 0 Å².